The van der Waals surface area contributed by atoms with Gasteiger partial charge in [-0.2, -0.15) is 0 Å². The largest absolute Gasteiger partial charge is 0.316 e. The summed E-state index contributed by atoms with van der Waals surface area (Å²) in [7, 11) is 0. The van der Waals surface area contributed by atoms with Crippen LogP contribution in [0.1, 0.15) is 34.9 Å². The highest BCUT2D eigenvalue weighted by molar-refractivity contribution is 5.77. The lowest BCUT2D eigenvalue weighted by molar-refractivity contribution is 0.454. The van der Waals surface area contributed by atoms with Crippen LogP contribution in [0.5, 0.6) is 0 Å². The molecule has 1 saturated heterocycles. The molecule has 0 spiro atoms. The van der Waals surface area contributed by atoms with Crippen molar-refractivity contribution < 1.29 is 5.48 Å². The fourth-order valence-corrected chi connectivity index (χ4v) is 2.63. The summed E-state index contributed by atoms with van der Waals surface area (Å²) < 4.78 is 32.3. The molecule has 4 rings (SSSR count). The summed E-state index contributed by atoms with van der Waals surface area (Å²) in [6, 6.07) is 3.73. The van der Waals surface area contributed by atoms with Gasteiger partial charge in [0.2, 0.25) is 0 Å². The molecule has 1 N–H and O–H groups in total. The van der Waals surface area contributed by atoms with Crippen LogP contribution in [0.15, 0.2) is 24.5 Å². The van der Waals surface area contributed by atoms with Gasteiger partial charge in [-0.1, -0.05) is 0 Å². The maximum atomic E-state index is 8.08. The minimum absolute atomic E-state index is 0.335. The third-order valence-electron chi connectivity index (χ3n) is 3.39. The third-order valence-corrected chi connectivity index (χ3v) is 3.39. The van der Waals surface area contributed by atoms with E-state index >= 15 is 0 Å². The molecule has 1 aliphatic heterocycles. The van der Waals surface area contributed by atoms with Crippen LogP contribution in [0.3, 0.4) is 0 Å². The van der Waals surface area contributed by atoms with E-state index in [1.807, 2.05) is 12.1 Å². The highest BCUT2D eigenvalue weighted by Gasteiger charge is 2.34. The van der Waals surface area contributed by atoms with E-state index in [-0.39, 0.29) is 11.8 Å². The maximum Gasteiger partial charge on any atom is 0.0889 e. The number of rotatable bonds is 0. The van der Waals surface area contributed by atoms with E-state index in [0.717, 1.165) is 22.2 Å². The van der Waals surface area contributed by atoms with Gasteiger partial charge in [0.1, 0.15) is 0 Å². The second-order valence-electron chi connectivity index (χ2n) is 4.28. The summed E-state index contributed by atoms with van der Waals surface area (Å²) in [5.41, 5.74) is 3.19. The zero-order valence-corrected chi connectivity index (χ0v) is 8.57. The van der Waals surface area contributed by atoms with Gasteiger partial charge in [-0.3, -0.25) is 9.97 Å². The van der Waals surface area contributed by atoms with Crippen LogP contribution in [0, 0.1) is 0 Å². The summed E-state index contributed by atoms with van der Waals surface area (Å²) in [6.45, 7) is -3.50. The Labute approximate surface area is 99.5 Å². The molecule has 0 amide bonds. The quantitative estimate of drug-likeness (QED) is 0.728. The van der Waals surface area contributed by atoms with E-state index in [0.29, 0.717) is 6.42 Å². The van der Waals surface area contributed by atoms with Gasteiger partial charge < -0.3 is 5.32 Å². The number of piperidine rings is 1. The van der Waals surface area contributed by atoms with E-state index in [1.54, 1.807) is 12.4 Å². The van der Waals surface area contributed by atoms with Gasteiger partial charge in [0.25, 0.3) is 0 Å². The van der Waals surface area contributed by atoms with E-state index in [4.69, 9.17) is 5.48 Å². The Morgan fingerprint density at radius 2 is 1.62 bits per heavy atom. The Morgan fingerprint density at radius 1 is 1.06 bits per heavy atom. The minimum Gasteiger partial charge on any atom is -0.316 e. The summed E-state index contributed by atoms with van der Waals surface area (Å²) in [4.78, 5) is 8.52. The number of aromatic nitrogens is 2. The van der Waals surface area contributed by atoms with Gasteiger partial charge in [-0.15, -0.1) is 0 Å². The number of nitrogens with one attached hydrogen (secondary N) is 1. The standard InChI is InChI=1S/C13H13N3/c1-2-16-13-5-11-9-3-8(6-14-7-9)10(11)4-12(13)15-1/h1-2,4-5,8-9,14H,3,6-7H2/i6D2,7D2. The van der Waals surface area contributed by atoms with E-state index in [9.17, 15) is 0 Å². The molecule has 3 nitrogen and oxygen atoms in total. The third kappa shape index (κ3) is 1.06. The van der Waals surface area contributed by atoms with Crippen molar-refractivity contribution >= 4 is 11.0 Å². The number of nitrogens with zero attached hydrogens (tertiary/aromatic N) is 2. The Bertz CT molecular complexity index is 657. The zero-order valence-electron chi connectivity index (χ0n) is 12.6. The van der Waals surface area contributed by atoms with Gasteiger partial charge in [0.15, 0.2) is 0 Å². The monoisotopic (exact) mass is 215 g/mol. The molecule has 2 aliphatic rings. The van der Waals surface area contributed by atoms with Crippen molar-refractivity contribution in [1.82, 2.24) is 15.3 Å². The van der Waals surface area contributed by atoms with Crippen molar-refractivity contribution in [3.05, 3.63) is 35.7 Å². The number of hydrogen-bond donors (Lipinski definition) is 1. The van der Waals surface area contributed by atoms with Crippen molar-refractivity contribution in [2.24, 2.45) is 0 Å². The Kier molecular flexibility index (Phi) is 1.08. The van der Waals surface area contributed by atoms with Gasteiger partial charge >= 0.3 is 0 Å². The first-order valence-corrected chi connectivity index (χ1v) is 5.42. The highest BCUT2D eigenvalue weighted by atomic mass is 14.9. The number of benzene rings is 1. The Hall–Kier alpha value is -1.48. The lowest BCUT2D eigenvalue weighted by Gasteiger charge is -2.19. The molecule has 2 aromatic rings. The summed E-state index contributed by atoms with van der Waals surface area (Å²) in [6.07, 6.45) is 3.71. The Morgan fingerprint density at radius 3 is 2.19 bits per heavy atom. The van der Waals surface area contributed by atoms with Crippen LogP contribution in [0.25, 0.3) is 11.0 Å². The molecule has 1 aromatic heterocycles. The van der Waals surface area contributed by atoms with Crippen LogP contribution < -0.4 is 5.32 Å². The van der Waals surface area contributed by atoms with Crippen LogP contribution >= 0.6 is 0 Å². The first-order chi connectivity index (χ1) is 9.38. The number of fused-ring (bicyclic) bond motifs is 6. The van der Waals surface area contributed by atoms with E-state index in [1.165, 1.54) is 0 Å². The molecule has 1 fully saturated rings. The van der Waals surface area contributed by atoms with Crippen LogP contribution in [0.2, 0.25) is 0 Å². The molecule has 80 valence electrons. The molecule has 16 heavy (non-hydrogen) atoms. The molecule has 0 saturated carbocycles. The molecule has 2 heterocycles. The molecule has 2 bridgehead atoms. The average molecular weight is 215 g/mol. The van der Waals surface area contributed by atoms with Crippen molar-refractivity contribution in [2.45, 2.75) is 18.3 Å². The molecule has 1 aromatic carbocycles. The average Bonchev–Trinajstić information content (AvgIpc) is 2.71. The van der Waals surface area contributed by atoms with Gasteiger partial charge in [0, 0.05) is 30.9 Å². The number of hydrogen-bond acceptors (Lipinski definition) is 3. The smallest absolute Gasteiger partial charge is 0.0889 e. The molecular weight excluding hydrogens is 198 g/mol. The SMILES string of the molecule is [2H]C1([2H])NC([2H])([2H])C2CC1c1cc3nccnc3cc12. The summed E-state index contributed by atoms with van der Waals surface area (Å²) in [5, 5.41) is 2.52. The van der Waals surface area contributed by atoms with Crippen LogP contribution in [-0.2, 0) is 0 Å². The molecule has 2 atom stereocenters. The molecule has 1 aliphatic carbocycles. The lowest BCUT2D eigenvalue weighted by atomic mass is 9.98. The van der Waals surface area contributed by atoms with Crippen molar-refractivity contribution in [2.75, 3.05) is 13.0 Å². The second-order valence-corrected chi connectivity index (χ2v) is 4.28. The van der Waals surface area contributed by atoms with Crippen LogP contribution in [0.4, 0.5) is 0 Å². The predicted molar refractivity (Wildman–Crippen MR) is 62.5 cm³/mol. The predicted octanol–water partition coefficient (Wildman–Crippen LogP) is 1.80. The maximum absolute atomic E-state index is 8.08. The normalized spacial score (nSPS) is 37.0. The first kappa shape index (κ1) is 5.73. The van der Waals surface area contributed by atoms with Crippen molar-refractivity contribution in [1.29, 1.82) is 0 Å². The second kappa shape index (κ2) is 3.01. The molecule has 3 heteroatoms. The topological polar surface area (TPSA) is 37.8 Å². The molecule has 2 unspecified atom stereocenters. The van der Waals surface area contributed by atoms with E-state index in [2.05, 4.69) is 15.3 Å². The zero-order chi connectivity index (χ0) is 14.1. The van der Waals surface area contributed by atoms with E-state index < -0.39 is 13.0 Å². The Balaban J connectivity index is 2.00. The molecule has 0 radical (unpaired) electrons. The van der Waals surface area contributed by atoms with Gasteiger partial charge in [-0.25, -0.2) is 0 Å². The first-order valence-electron chi connectivity index (χ1n) is 7.42. The van der Waals surface area contributed by atoms with Gasteiger partial charge in [-0.05, 0) is 41.5 Å². The summed E-state index contributed by atoms with van der Waals surface area (Å²) >= 11 is 0. The molecular formula is C13H13N3. The van der Waals surface area contributed by atoms with Crippen LogP contribution in [-0.4, -0.2) is 23.0 Å². The van der Waals surface area contributed by atoms with Gasteiger partial charge in [0.05, 0.1) is 11.0 Å². The lowest BCUT2D eigenvalue weighted by Crippen LogP contribution is -2.28. The van der Waals surface area contributed by atoms with Crippen molar-refractivity contribution in [3.8, 4) is 0 Å². The fourth-order valence-electron chi connectivity index (χ4n) is 2.63. The highest BCUT2D eigenvalue weighted by Crippen LogP contribution is 2.44. The summed E-state index contributed by atoms with van der Waals surface area (Å²) in [5.74, 6) is -0.671. The minimum atomic E-state index is -1.75. The van der Waals surface area contributed by atoms with Crippen molar-refractivity contribution in [3.63, 3.8) is 0 Å². The fraction of sp³-hybridized carbons (Fsp3) is 0.385.